The molecule has 2 heterocycles. The molecule has 0 bridgehead atoms. The van der Waals surface area contributed by atoms with Gasteiger partial charge < -0.3 is 0 Å². The number of nitrogens with one attached hydrogen (secondary N) is 1. The molecule has 33 heavy (non-hydrogen) atoms. The van der Waals surface area contributed by atoms with E-state index in [0.29, 0.717) is 24.0 Å². The van der Waals surface area contributed by atoms with Gasteiger partial charge in [0.2, 0.25) is 10.9 Å². The van der Waals surface area contributed by atoms with Crippen LogP contribution in [0.25, 0.3) is 22.0 Å². The minimum Gasteiger partial charge on any atom is -0.289 e. The molecule has 0 spiro atoms. The van der Waals surface area contributed by atoms with E-state index in [-0.39, 0.29) is 17.1 Å². The summed E-state index contributed by atoms with van der Waals surface area (Å²) in [4.78, 5) is 21.8. The average Bonchev–Trinajstić information content (AvgIpc) is 2.83. The predicted octanol–water partition coefficient (Wildman–Crippen LogP) is 4.37. The van der Waals surface area contributed by atoms with Crippen LogP contribution in [0.2, 0.25) is 5.02 Å². The van der Waals surface area contributed by atoms with Gasteiger partial charge in [-0.3, -0.25) is 14.8 Å². The van der Waals surface area contributed by atoms with Crippen molar-refractivity contribution in [2.45, 2.75) is 12.8 Å². The van der Waals surface area contributed by atoms with Crippen LogP contribution in [0.3, 0.4) is 0 Å². The number of benzene rings is 2. The van der Waals surface area contributed by atoms with E-state index >= 15 is 0 Å². The summed E-state index contributed by atoms with van der Waals surface area (Å²) in [7, 11) is -2.69. The van der Waals surface area contributed by atoms with E-state index in [1.807, 2.05) is 18.2 Å². The molecule has 0 aliphatic rings. The molecule has 0 saturated heterocycles. The molecule has 168 valence electrons. The van der Waals surface area contributed by atoms with E-state index in [0.717, 1.165) is 28.1 Å². The molecular weight excluding hydrogens is 465 g/mol. The molecule has 4 rings (SSSR count). The van der Waals surface area contributed by atoms with Crippen LogP contribution in [0.15, 0.2) is 67.1 Å². The fourth-order valence-electron chi connectivity index (χ4n) is 3.56. The normalized spacial score (nSPS) is 11.2. The van der Waals surface area contributed by atoms with Crippen LogP contribution in [0.5, 0.6) is 0 Å². The Balaban J connectivity index is 1.65. The summed E-state index contributed by atoms with van der Waals surface area (Å²) < 4.78 is 37.8. The van der Waals surface area contributed by atoms with E-state index in [9.17, 15) is 17.6 Å². The smallest absolute Gasteiger partial charge is 0.201 e. The molecule has 0 aliphatic carbocycles. The van der Waals surface area contributed by atoms with E-state index in [1.165, 1.54) is 6.07 Å². The molecule has 0 aliphatic heterocycles. The quantitative estimate of drug-likeness (QED) is 0.221. The number of fused-ring (bicyclic) bond motifs is 1. The average molecular weight is 484 g/mol. The van der Waals surface area contributed by atoms with E-state index in [4.69, 9.17) is 11.6 Å². The molecule has 0 radical (unpaired) electrons. The fraction of sp³-hybridized carbons (Fsp3) is 0.125. The molecule has 9 heteroatoms. The number of aromatic nitrogens is 2. The second-order valence-corrected chi connectivity index (χ2v) is 8.61. The van der Waals surface area contributed by atoms with E-state index in [1.54, 1.807) is 36.8 Å². The van der Waals surface area contributed by atoms with E-state index < -0.39 is 22.5 Å². The number of carbonyl (C=O) groups is 1. The molecule has 1 N–H and O–H groups in total. The molecule has 2 aromatic carbocycles. The zero-order chi connectivity index (χ0) is 23.4. The Morgan fingerprint density at radius 3 is 2.67 bits per heavy atom. The van der Waals surface area contributed by atoms with Crippen molar-refractivity contribution in [2.75, 3.05) is 6.54 Å². The Kier molecular flexibility index (Phi) is 7.08. The molecule has 0 unspecified atom stereocenters. The van der Waals surface area contributed by atoms with Gasteiger partial charge in [-0.1, -0.05) is 17.7 Å². The number of rotatable bonds is 8. The number of hydrogen-bond donors (Lipinski definition) is 2. The Morgan fingerprint density at radius 2 is 1.91 bits per heavy atom. The lowest BCUT2D eigenvalue weighted by Crippen LogP contribution is -2.13. The third-order valence-corrected chi connectivity index (χ3v) is 6.09. The number of hydrogen-bond acceptors (Lipinski definition) is 5. The maximum atomic E-state index is 14.3. The Bertz CT molecular complexity index is 1400. The summed E-state index contributed by atoms with van der Waals surface area (Å²) in [6.45, 7) is 0.200. The van der Waals surface area contributed by atoms with Crippen LogP contribution in [0.4, 0.5) is 4.39 Å². The number of pyridine rings is 2. The molecule has 0 fully saturated rings. The third-order valence-electron chi connectivity index (χ3n) is 5.16. The molecule has 6 nitrogen and oxygen atoms in total. The summed E-state index contributed by atoms with van der Waals surface area (Å²) >= 11 is 6.44. The highest BCUT2D eigenvalue weighted by Crippen LogP contribution is 2.28. The Hall–Kier alpha value is -3.20. The summed E-state index contributed by atoms with van der Waals surface area (Å²) in [5.41, 5.74) is 3.34. The number of nitrogens with zero attached hydrogens (tertiary/aromatic N) is 2. The number of aryl methyl sites for hydroxylation is 1. The van der Waals surface area contributed by atoms with Crippen LogP contribution >= 0.6 is 11.6 Å². The third kappa shape index (κ3) is 5.42. The zero-order valence-electron chi connectivity index (χ0n) is 17.3. The van der Waals surface area contributed by atoms with Gasteiger partial charge in [0.15, 0.2) is 5.78 Å². The lowest BCUT2D eigenvalue weighted by atomic mass is 9.97. The largest absolute Gasteiger partial charge is 0.289 e. The molecule has 0 amide bonds. The Morgan fingerprint density at radius 1 is 1.06 bits per heavy atom. The van der Waals surface area contributed by atoms with Gasteiger partial charge in [-0.25, -0.2) is 17.5 Å². The molecule has 0 atom stereocenters. The Labute approximate surface area is 196 Å². The summed E-state index contributed by atoms with van der Waals surface area (Å²) in [6, 6.07) is 13.1. The maximum Gasteiger partial charge on any atom is 0.201 e. The first-order valence-corrected chi connectivity index (χ1v) is 11.7. The first-order valence-electron chi connectivity index (χ1n) is 10.1. The second-order valence-electron chi connectivity index (χ2n) is 7.40. The van der Waals surface area contributed by atoms with Crippen LogP contribution in [0, 0.1) is 5.82 Å². The van der Waals surface area contributed by atoms with Gasteiger partial charge in [0.05, 0.1) is 10.5 Å². The van der Waals surface area contributed by atoms with E-state index in [2.05, 4.69) is 14.7 Å². The van der Waals surface area contributed by atoms with Gasteiger partial charge in [-0.15, -0.1) is 0 Å². The van der Waals surface area contributed by atoms with Gasteiger partial charge >= 0.3 is 0 Å². The van der Waals surface area contributed by atoms with Gasteiger partial charge in [-0.2, -0.15) is 0 Å². The standard InChI is InChI=1S/C24H19ClFN3O3S/c25-23-15(3-2-8-29-33(31)32)11-20(26)12-21(23)24(30)16-5-6-22-18(9-16)10-19(14-28-22)17-4-1-7-27-13-17/h1,4-7,9-14,33H,2-3,8H2,(H,29,31,32). The first-order chi connectivity index (χ1) is 15.9. The van der Waals surface area contributed by atoms with Crippen molar-refractivity contribution in [3.63, 3.8) is 0 Å². The lowest BCUT2D eigenvalue weighted by molar-refractivity contribution is 0.103. The minimum atomic E-state index is -2.69. The van der Waals surface area contributed by atoms with Crippen molar-refractivity contribution in [2.24, 2.45) is 0 Å². The van der Waals surface area contributed by atoms with Crippen molar-refractivity contribution in [3.05, 3.63) is 94.7 Å². The molecular formula is C24H19ClFN3O3S. The van der Waals surface area contributed by atoms with Crippen LogP contribution < -0.4 is 4.72 Å². The van der Waals surface area contributed by atoms with Crippen molar-refractivity contribution in [1.29, 1.82) is 0 Å². The highest BCUT2D eigenvalue weighted by molar-refractivity contribution is 7.70. The predicted molar refractivity (Wildman–Crippen MR) is 126 cm³/mol. The van der Waals surface area contributed by atoms with Crippen molar-refractivity contribution in [3.8, 4) is 11.1 Å². The van der Waals surface area contributed by atoms with Gasteiger partial charge in [0, 0.05) is 52.8 Å². The van der Waals surface area contributed by atoms with Crippen LogP contribution in [0.1, 0.15) is 27.9 Å². The highest BCUT2D eigenvalue weighted by atomic mass is 35.5. The zero-order valence-corrected chi connectivity index (χ0v) is 18.9. The lowest BCUT2D eigenvalue weighted by Gasteiger charge is -2.11. The number of thiol groups is 1. The SMILES string of the molecule is O=C(c1ccc2ncc(-c3cccnc3)cc2c1)c1cc(F)cc(CCCN[SH](=O)=O)c1Cl. The number of carbonyl (C=O) groups excluding carboxylic acids is 1. The fourth-order valence-corrected chi connectivity index (χ4v) is 4.19. The summed E-state index contributed by atoms with van der Waals surface area (Å²) in [5.74, 6) is -0.989. The van der Waals surface area contributed by atoms with Crippen LogP contribution in [-0.4, -0.2) is 30.7 Å². The van der Waals surface area contributed by atoms with Gasteiger partial charge in [0.1, 0.15) is 5.82 Å². The monoisotopic (exact) mass is 483 g/mol. The van der Waals surface area contributed by atoms with Crippen molar-refractivity contribution < 1.29 is 17.6 Å². The first kappa shape index (κ1) is 23.0. The molecule has 0 saturated carbocycles. The molecule has 4 aromatic rings. The summed E-state index contributed by atoms with van der Waals surface area (Å²) in [6.07, 6.45) is 5.90. The van der Waals surface area contributed by atoms with Gasteiger partial charge in [-0.05, 0) is 60.9 Å². The second kappa shape index (κ2) is 10.2. The number of halogens is 2. The van der Waals surface area contributed by atoms with Gasteiger partial charge in [0.25, 0.3) is 0 Å². The minimum absolute atomic E-state index is 0.0604. The topological polar surface area (TPSA) is 89.0 Å². The highest BCUT2D eigenvalue weighted by Gasteiger charge is 2.18. The molecule has 2 aromatic heterocycles. The van der Waals surface area contributed by atoms with Crippen molar-refractivity contribution >= 4 is 39.2 Å². The summed E-state index contributed by atoms with van der Waals surface area (Å²) in [5, 5.41) is 0.919. The number of ketones is 1. The van der Waals surface area contributed by atoms with Crippen LogP contribution in [-0.2, 0) is 17.3 Å². The van der Waals surface area contributed by atoms with Crippen molar-refractivity contribution in [1.82, 2.24) is 14.7 Å². The maximum absolute atomic E-state index is 14.3.